The number of hydrogen-bond donors (Lipinski definition) is 3. The first kappa shape index (κ1) is 23.2. The number of anilines is 3. The highest BCUT2D eigenvalue weighted by Crippen LogP contribution is 2.39. The lowest BCUT2D eigenvalue weighted by Gasteiger charge is -2.12. The van der Waals surface area contributed by atoms with Crippen LogP contribution in [0, 0.1) is 6.92 Å². The van der Waals surface area contributed by atoms with E-state index >= 15 is 0 Å². The quantitative estimate of drug-likeness (QED) is 0.325. The predicted molar refractivity (Wildman–Crippen MR) is 136 cm³/mol. The van der Waals surface area contributed by atoms with Crippen molar-refractivity contribution in [2.75, 3.05) is 22.5 Å². The van der Waals surface area contributed by atoms with Gasteiger partial charge in [-0.15, -0.1) is 11.3 Å². The molecule has 0 fully saturated rings. The molecular formula is C23H23N3O4S3. The van der Waals surface area contributed by atoms with Gasteiger partial charge in [0.25, 0.3) is 10.0 Å². The van der Waals surface area contributed by atoms with E-state index in [1.165, 1.54) is 23.3 Å². The Labute approximate surface area is 202 Å². The lowest BCUT2D eigenvalue weighted by molar-refractivity contribution is 0.0601. The molecule has 0 radical (unpaired) electrons. The number of rotatable bonds is 6. The molecule has 1 aliphatic carbocycles. The number of benzene rings is 2. The Morgan fingerprint density at radius 1 is 1.00 bits per heavy atom. The second kappa shape index (κ2) is 9.50. The Morgan fingerprint density at radius 3 is 2.33 bits per heavy atom. The van der Waals surface area contributed by atoms with E-state index < -0.39 is 10.0 Å². The van der Waals surface area contributed by atoms with Crippen LogP contribution in [0.4, 0.5) is 16.4 Å². The molecule has 3 aromatic rings. The molecule has 0 atom stereocenters. The molecule has 0 amide bonds. The van der Waals surface area contributed by atoms with Crippen molar-refractivity contribution in [3.05, 3.63) is 70.1 Å². The molecule has 4 rings (SSSR count). The molecule has 0 spiro atoms. The second-order valence-electron chi connectivity index (χ2n) is 7.63. The minimum atomic E-state index is -3.67. The minimum absolute atomic E-state index is 0.199. The highest BCUT2D eigenvalue weighted by Gasteiger charge is 2.27. The number of thiophene rings is 1. The molecule has 0 aliphatic heterocycles. The fourth-order valence-electron chi connectivity index (χ4n) is 3.63. The van der Waals surface area contributed by atoms with E-state index in [1.54, 1.807) is 48.5 Å². The molecule has 10 heteroatoms. The number of carbonyl (C=O) groups is 1. The van der Waals surface area contributed by atoms with Crippen LogP contribution in [0.1, 0.15) is 32.8 Å². The molecule has 0 unspecified atom stereocenters. The Kier molecular flexibility index (Phi) is 6.68. The summed E-state index contributed by atoms with van der Waals surface area (Å²) in [5.41, 5.74) is 3.69. The summed E-state index contributed by atoms with van der Waals surface area (Å²) in [5, 5.41) is 7.17. The lowest BCUT2D eigenvalue weighted by atomic mass is 10.1. The van der Waals surface area contributed by atoms with Crippen LogP contribution in [-0.2, 0) is 27.6 Å². The highest BCUT2D eigenvalue weighted by molar-refractivity contribution is 7.92. The van der Waals surface area contributed by atoms with Gasteiger partial charge in [-0.05, 0) is 80.4 Å². The van der Waals surface area contributed by atoms with Crippen LogP contribution < -0.4 is 15.4 Å². The van der Waals surface area contributed by atoms with Gasteiger partial charge in [0.15, 0.2) is 5.11 Å². The Bertz CT molecular complexity index is 1300. The molecule has 0 saturated heterocycles. The van der Waals surface area contributed by atoms with Crippen LogP contribution in [0.3, 0.4) is 0 Å². The van der Waals surface area contributed by atoms with E-state index in [1.807, 2.05) is 6.92 Å². The first-order valence-corrected chi connectivity index (χ1v) is 13.0. The topological polar surface area (TPSA) is 96.5 Å². The van der Waals surface area contributed by atoms with E-state index in [0.29, 0.717) is 27.1 Å². The van der Waals surface area contributed by atoms with E-state index in [-0.39, 0.29) is 10.9 Å². The summed E-state index contributed by atoms with van der Waals surface area (Å²) in [6.45, 7) is 1.90. The number of fused-ring (bicyclic) bond motifs is 1. The van der Waals surface area contributed by atoms with Crippen LogP contribution in [0.15, 0.2) is 53.4 Å². The van der Waals surface area contributed by atoms with Crippen LogP contribution in [0.25, 0.3) is 0 Å². The van der Waals surface area contributed by atoms with Crippen molar-refractivity contribution in [3.8, 4) is 0 Å². The Balaban J connectivity index is 1.42. The monoisotopic (exact) mass is 501 g/mol. The Morgan fingerprint density at radius 2 is 1.67 bits per heavy atom. The Hall–Kier alpha value is -2.95. The number of hydrogen-bond acceptors (Lipinski definition) is 6. The smallest absolute Gasteiger partial charge is 0.341 e. The van der Waals surface area contributed by atoms with Gasteiger partial charge < -0.3 is 15.4 Å². The van der Waals surface area contributed by atoms with Crippen LogP contribution in [0.5, 0.6) is 0 Å². The molecule has 0 saturated carbocycles. The van der Waals surface area contributed by atoms with Gasteiger partial charge in [0.05, 0.1) is 17.6 Å². The van der Waals surface area contributed by atoms with E-state index in [9.17, 15) is 13.2 Å². The number of esters is 1. The summed E-state index contributed by atoms with van der Waals surface area (Å²) in [4.78, 5) is 13.7. The van der Waals surface area contributed by atoms with Crippen molar-refractivity contribution in [3.63, 3.8) is 0 Å². The molecule has 7 nitrogen and oxygen atoms in total. The van der Waals surface area contributed by atoms with Gasteiger partial charge >= 0.3 is 5.97 Å². The normalized spacial score (nSPS) is 12.7. The van der Waals surface area contributed by atoms with Gasteiger partial charge in [0, 0.05) is 16.3 Å². The van der Waals surface area contributed by atoms with Crippen molar-refractivity contribution in [2.45, 2.75) is 31.1 Å². The number of nitrogens with one attached hydrogen (secondary N) is 3. The zero-order valence-electron chi connectivity index (χ0n) is 18.1. The fraction of sp³-hybridized carbons (Fsp3) is 0.217. The summed E-state index contributed by atoms with van der Waals surface area (Å²) in [6, 6.07) is 13.4. The largest absolute Gasteiger partial charge is 0.465 e. The molecule has 2 aromatic carbocycles. The first-order valence-electron chi connectivity index (χ1n) is 10.3. The fourth-order valence-corrected chi connectivity index (χ4v) is 6.25. The maximum absolute atomic E-state index is 12.6. The zero-order valence-corrected chi connectivity index (χ0v) is 20.5. The number of thiocarbonyl (C=S) groups is 1. The lowest BCUT2D eigenvalue weighted by Crippen LogP contribution is -2.20. The van der Waals surface area contributed by atoms with Gasteiger partial charge in [-0.1, -0.05) is 17.7 Å². The third-order valence-electron chi connectivity index (χ3n) is 5.26. The summed E-state index contributed by atoms with van der Waals surface area (Å²) in [7, 11) is -2.30. The van der Waals surface area contributed by atoms with Crippen LogP contribution in [-0.4, -0.2) is 26.6 Å². The average molecular weight is 502 g/mol. The van der Waals surface area contributed by atoms with E-state index in [0.717, 1.165) is 30.4 Å². The third kappa shape index (κ3) is 5.18. The number of sulfonamides is 1. The highest BCUT2D eigenvalue weighted by atomic mass is 32.2. The zero-order chi connectivity index (χ0) is 23.6. The number of carbonyl (C=O) groups excluding carboxylic acids is 1. The molecule has 1 aliphatic rings. The SMILES string of the molecule is COC(=O)c1c(NC(=S)Nc2ccc(NS(=O)(=O)c3ccc(C)cc3)cc2)sc2c1CCC2. The van der Waals surface area contributed by atoms with Gasteiger partial charge in [-0.3, -0.25) is 4.72 Å². The molecule has 0 bridgehead atoms. The van der Waals surface area contributed by atoms with Crippen molar-refractivity contribution in [1.82, 2.24) is 0 Å². The van der Waals surface area contributed by atoms with Crippen molar-refractivity contribution < 1.29 is 17.9 Å². The summed E-state index contributed by atoms with van der Waals surface area (Å²) >= 11 is 6.95. The first-order chi connectivity index (χ1) is 15.8. The molecule has 3 N–H and O–H groups in total. The number of aryl methyl sites for hydroxylation is 2. The minimum Gasteiger partial charge on any atom is -0.465 e. The third-order valence-corrected chi connectivity index (χ3v) is 8.07. The number of ether oxygens (including phenoxy) is 1. The number of methoxy groups -OCH3 is 1. The van der Waals surface area contributed by atoms with Gasteiger partial charge in [0.1, 0.15) is 5.00 Å². The van der Waals surface area contributed by atoms with Gasteiger partial charge in [-0.2, -0.15) is 0 Å². The average Bonchev–Trinajstić information content (AvgIpc) is 3.35. The molecule has 1 aromatic heterocycles. The summed E-state index contributed by atoms with van der Waals surface area (Å²) in [5.74, 6) is -0.370. The molecule has 172 valence electrons. The van der Waals surface area contributed by atoms with Gasteiger partial charge in [-0.25, -0.2) is 13.2 Å². The van der Waals surface area contributed by atoms with Crippen molar-refractivity contribution in [2.24, 2.45) is 0 Å². The van der Waals surface area contributed by atoms with Crippen molar-refractivity contribution in [1.29, 1.82) is 0 Å². The molecular weight excluding hydrogens is 478 g/mol. The van der Waals surface area contributed by atoms with Gasteiger partial charge in [0.2, 0.25) is 0 Å². The van der Waals surface area contributed by atoms with E-state index in [4.69, 9.17) is 17.0 Å². The predicted octanol–water partition coefficient (Wildman–Crippen LogP) is 4.94. The van der Waals surface area contributed by atoms with Crippen LogP contribution in [0.2, 0.25) is 0 Å². The standard InChI is InChI=1S/C23H23N3O4S3/c1-14-6-12-17(13-7-14)33(28,29)26-16-10-8-15(9-11-16)24-23(31)25-21-20(22(27)30-2)18-4-3-5-19(18)32-21/h6-13,26H,3-5H2,1-2H3,(H2,24,25,31). The maximum Gasteiger partial charge on any atom is 0.341 e. The summed E-state index contributed by atoms with van der Waals surface area (Å²) in [6.07, 6.45) is 2.85. The van der Waals surface area contributed by atoms with Crippen LogP contribution >= 0.6 is 23.6 Å². The van der Waals surface area contributed by atoms with Crippen molar-refractivity contribution >= 4 is 61.0 Å². The summed E-state index contributed by atoms with van der Waals surface area (Å²) < 4.78 is 32.6. The molecule has 33 heavy (non-hydrogen) atoms. The second-order valence-corrected chi connectivity index (χ2v) is 10.8. The maximum atomic E-state index is 12.6. The van der Waals surface area contributed by atoms with E-state index in [2.05, 4.69) is 15.4 Å². The molecule has 1 heterocycles.